The van der Waals surface area contributed by atoms with Crippen LogP contribution in [0.25, 0.3) is 32.7 Å². The number of aliphatic imine (C=N–C) groups is 1. The molecule has 5 aromatic heterocycles. The first-order chi connectivity index (χ1) is 18.7. The van der Waals surface area contributed by atoms with Crippen LogP contribution < -0.4 is 10.6 Å². The van der Waals surface area contributed by atoms with Crippen molar-refractivity contribution in [1.29, 1.82) is 0 Å². The minimum atomic E-state index is -0.498. The van der Waals surface area contributed by atoms with Crippen LogP contribution in [0, 0.1) is 11.7 Å². The Balaban J connectivity index is 1.28. The van der Waals surface area contributed by atoms with Gasteiger partial charge in [-0.15, -0.1) is 11.3 Å². The van der Waals surface area contributed by atoms with Gasteiger partial charge in [0.05, 0.1) is 27.8 Å². The highest BCUT2D eigenvalue weighted by atomic mass is 32.1. The number of thiophene rings is 1. The average molecular weight is 525 g/mol. The number of carbonyl (C=O) groups excluding carboxylic acids is 1. The molecule has 1 amide bonds. The highest BCUT2D eigenvalue weighted by Gasteiger charge is 2.28. The van der Waals surface area contributed by atoms with Crippen LogP contribution in [0.1, 0.15) is 30.7 Å². The number of H-pyrrole nitrogens is 1. The number of imidazole rings is 1. The van der Waals surface area contributed by atoms with E-state index in [1.54, 1.807) is 36.0 Å². The van der Waals surface area contributed by atoms with Crippen molar-refractivity contribution in [3.05, 3.63) is 71.6 Å². The number of anilines is 2. The minimum Gasteiger partial charge on any atom is -0.350 e. The molecule has 6 heterocycles. The molecule has 11 heteroatoms. The summed E-state index contributed by atoms with van der Waals surface area (Å²) in [5, 5.41) is 7.94. The smallest absolute Gasteiger partial charge is 0.227 e. The lowest BCUT2D eigenvalue weighted by molar-refractivity contribution is -0.122. The molecule has 1 fully saturated rings. The van der Waals surface area contributed by atoms with Gasteiger partial charge in [-0.2, -0.15) is 0 Å². The monoisotopic (exact) mass is 524 g/mol. The average Bonchev–Trinajstić information content (AvgIpc) is 3.58. The number of halogens is 1. The van der Waals surface area contributed by atoms with Crippen LogP contribution in [-0.4, -0.2) is 43.2 Å². The van der Waals surface area contributed by atoms with Gasteiger partial charge in [-0.05, 0) is 36.4 Å². The molecule has 1 saturated carbocycles. The molecular formula is C27H21FN8OS. The standard InChI is InChI=1S/C27H21FN8OS/c28-21-17(15-9-16(11-29-10-15)34-27(37)14-3-1-4-14)12-31-25-20(21)24(32-13-33-25)26-35-18-6-7-30-23(22(18)36-26)19-5-2-8-38-19/h2,5-12,14H,1,3-4,13H2,(H,31,33)(H,34,37)(H,35,36). The van der Waals surface area contributed by atoms with Crippen molar-refractivity contribution < 1.29 is 9.18 Å². The molecule has 1 aliphatic carbocycles. The Kier molecular flexibility index (Phi) is 5.43. The SMILES string of the molecule is O=C(Nc1cncc(-c2cnc3c(c2F)C(c2nc4c(-c5cccs5)nccc4[nH]2)=NCN3)c1)C1CCC1. The molecule has 3 N–H and O–H groups in total. The summed E-state index contributed by atoms with van der Waals surface area (Å²) in [6.45, 7) is 0.242. The van der Waals surface area contributed by atoms with E-state index in [0.717, 1.165) is 35.4 Å². The number of pyridine rings is 3. The van der Waals surface area contributed by atoms with Crippen LogP contribution >= 0.6 is 11.3 Å². The van der Waals surface area contributed by atoms with Gasteiger partial charge in [0.2, 0.25) is 5.91 Å². The number of carbonyl (C=O) groups is 1. The first-order valence-electron chi connectivity index (χ1n) is 12.3. The van der Waals surface area contributed by atoms with Crippen LogP contribution in [0.4, 0.5) is 15.9 Å². The molecule has 0 unspecified atom stereocenters. The van der Waals surface area contributed by atoms with Gasteiger partial charge in [-0.1, -0.05) is 12.5 Å². The number of nitrogens with zero attached hydrogens (tertiary/aromatic N) is 5. The Hall–Kier alpha value is -4.51. The molecule has 0 saturated heterocycles. The molecule has 7 rings (SSSR count). The van der Waals surface area contributed by atoms with Crippen LogP contribution in [0.5, 0.6) is 0 Å². The van der Waals surface area contributed by atoms with Gasteiger partial charge >= 0.3 is 0 Å². The van der Waals surface area contributed by atoms with E-state index in [0.29, 0.717) is 34.1 Å². The maximum absolute atomic E-state index is 16.2. The van der Waals surface area contributed by atoms with Crippen LogP contribution in [0.3, 0.4) is 0 Å². The van der Waals surface area contributed by atoms with Gasteiger partial charge in [0.1, 0.15) is 35.2 Å². The highest BCUT2D eigenvalue weighted by molar-refractivity contribution is 7.13. The molecular weight excluding hydrogens is 503 g/mol. The first-order valence-corrected chi connectivity index (χ1v) is 13.2. The van der Waals surface area contributed by atoms with Gasteiger partial charge < -0.3 is 15.6 Å². The van der Waals surface area contributed by atoms with Crippen molar-refractivity contribution in [2.45, 2.75) is 19.3 Å². The summed E-state index contributed by atoms with van der Waals surface area (Å²) in [6.07, 6.45) is 9.16. The molecule has 9 nitrogen and oxygen atoms in total. The first kappa shape index (κ1) is 22.7. The van der Waals surface area contributed by atoms with E-state index >= 15 is 4.39 Å². The normalized spacial score (nSPS) is 14.9. The summed E-state index contributed by atoms with van der Waals surface area (Å²) >= 11 is 1.58. The van der Waals surface area contributed by atoms with Crippen LogP contribution in [0.2, 0.25) is 0 Å². The lowest BCUT2D eigenvalue weighted by Crippen LogP contribution is -2.28. The number of aromatic nitrogens is 5. The fraction of sp³-hybridized carbons (Fsp3) is 0.185. The predicted octanol–water partition coefficient (Wildman–Crippen LogP) is 5.24. The maximum atomic E-state index is 16.2. The third kappa shape index (κ3) is 3.82. The van der Waals surface area contributed by atoms with E-state index in [9.17, 15) is 4.79 Å². The number of amides is 1. The molecule has 38 heavy (non-hydrogen) atoms. The molecule has 1 aliphatic heterocycles. The Morgan fingerprint density at radius 1 is 1.16 bits per heavy atom. The minimum absolute atomic E-state index is 0.0286. The van der Waals surface area contributed by atoms with Crippen LogP contribution in [-0.2, 0) is 4.79 Å². The van der Waals surface area contributed by atoms with E-state index in [1.807, 2.05) is 23.6 Å². The summed E-state index contributed by atoms with van der Waals surface area (Å²) in [5.41, 5.74) is 4.11. The van der Waals surface area contributed by atoms with E-state index < -0.39 is 5.82 Å². The molecule has 188 valence electrons. The topological polar surface area (TPSA) is 121 Å². The van der Waals surface area contributed by atoms with Crippen molar-refractivity contribution in [3.63, 3.8) is 0 Å². The van der Waals surface area contributed by atoms with E-state index in [1.165, 1.54) is 6.20 Å². The molecule has 0 spiro atoms. The third-order valence-corrected chi connectivity index (χ3v) is 7.79. The van der Waals surface area contributed by atoms with Gasteiger partial charge in [0, 0.05) is 35.6 Å². The summed E-state index contributed by atoms with van der Waals surface area (Å²) < 4.78 is 16.2. The zero-order valence-corrected chi connectivity index (χ0v) is 20.8. The zero-order valence-electron chi connectivity index (χ0n) is 20.0. The van der Waals surface area contributed by atoms with E-state index in [-0.39, 0.29) is 29.6 Å². The second-order valence-corrected chi connectivity index (χ2v) is 10.2. The Labute approximate surface area is 220 Å². The predicted molar refractivity (Wildman–Crippen MR) is 145 cm³/mol. The summed E-state index contributed by atoms with van der Waals surface area (Å²) in [6, 6.07) is 7.51. The number of aromatic amines is 1. The maximum Gasteiger partial charge on any atom is 0.227 e. The lowest BCUT2D eigenvalue weighted by Gasteiger charge is -2.24. The van der Waals surface area contributed by atoms with Gasteiger partial charge in [-0.3, -0.25) is 19.8 Å². The quantitative estimate of drug-likeness (QED) is 0.289. The molecule has 2 aliphatic rings. The zero-order chi connectivity index (χ0) is 25.6. The number of rotatable bonds is 5. The lowest BCUT2D eigenvalue weighted by atomic mass is 9.85. The Bertz CT molecular complexity index is 1720. The van der Waals surface area contributed by atoms with Gasteiger partial charge in [0.15, 0.2) is 5.82 Å². The fourth-order valence-electron chi connectivity index (χ4n) is 4.72. The van der Waals surface area contributed by atoms with Gasteiger partial charge in [-0.25, -0.2) is 14.4 Å². The second kappa shape index (κ2) is 9.10. The molecule has 0 radical (unpaired) electrons. The number of hydrogen-bond acceptors (Lipinski definition) is 8. The largest absolute Gasteiger partial charge is 0.350 e. The van der Waals surface area contributed by atoms with Crippen molar-refractivity contribution in [3.8, 4) is 21.7 Å². The second-order valence-electron chi connectivity index (χ2n) is 9.25. The Morgan fingerprint density at radius 2 is 2.08 bits per heavy atom. The highest BCUT2D eigenvalue weighted by Crippen LogP contribution is 2.34. The molecule has 0 atom stereocenters. The van der Waals surface area contributed by atoms with Crippen molar-refractivity contribution in [2.24, 2.45) is 10.9 Å². The molecule has 5 aromatic rings. The summed E-state index contributed by atoms with van der Waals surface area (Å²) in [5.74, 6) is 0.327. The van der Waals surface area contributed by atoms with Crippen LogP contribution in [0.15, 0.2) is 59.4 Å². The van der Waals surface area contributed by atoms with Crippen molar-refractivity contribution in [2.75, 3.05) is 17.3 Å². The number of hydrogen-bond donors (Lipinski definition) is 3. The van der Waals surface area contributed by atoms with Gasteiger partial charge in [0.25, 0.3) is 0 Å². The van der Waals surface area contributed by atoms with E-state index in [2.05, 4.69) is 35.6 Å². The molecule has 0 bridgehead atoms. The fourth-order valence-corrected chi connectivity index (χ4v) is 5.44. The summed E-state index contributed by atoms with van der Waals surface area (Å²) in [4.78, 5) is 39.3. The van der Waals surface area contributed by atoms with Crippen molar-refractivity contribution >= 4 is 45.5 Å². The Morgan fingerprint density at radius 3 is 2.89 bits per heavy atom. The van der Waals surface area contributed by atoms with E-state index in [4.69, 9.17) is 4.98 Å². The number of fused-ring (bicyclic) bond motifs is 2. The summed E-state index contributed by atoms with van der Waals surface area (Å²) in [7, 11) is 0. The molecule has 0 aromatic carbocycles. The third-order valence-electron chi connectivity index (χ3n) is 6.91. The number of nitrogens with one attached hydrogen (secondary N) is 3. The van der Waals surface area contributed by atoms with Crippen molar-refractivity contribution in [1.82, 2.24) is 24.9 Å².